The maximum Gasteiger partial charge on any atom is 0.163 e. The Balaban J connectivity index is 2.22. The van der Waals surface area contributed by atoms with Crippen molar-refractivity contribution in [3.63, 3.8) is 0 Å². The van der Waals surface area contributed by atoms with E-state index in [1.807, 2.05) is 0 Å². The Morgan fingerprint density at radius 3 is 2.95 bits per heavy atom. The van der Waals surface area contributed by atoms with Gasteiger partial charge < -0.3 is 10.1 Å². The molecule has 19 heavy (non-hydrogen) atoms. The molecule has 2 nitrogen and oxygen atoms in total. The van der Waals surface area contributed by atoms with Gasteiger partial charge in [0, 0.05) is 24.1 Å². The highest BCUT2D eigenvalue weighted by Gasteiger charge is 2.28. The van der Waals surface area contributed by atoms with Crippen molar-refractivity contribution < 1.29 is 13.5 Å². The fourth-order valence-corrected chi connectivity index (χ4v) is 2.62. The third-order valence-corrected chi connectivity index (χ3v) is 3.60. The molecule has 4 heteroatoms. The van der Waals surface area contributed by atoms with E-state index in [4.69, 9.17) is 4.74 Å². The molecule has 1 aliphatic rings. The van der Waals surface area contributed by atoms with E-state index >= 15 is 0 Å². The standard InChI is InChI=1S/C15H21F2NO/c1-2-8-18-15(11-5-4-9-19-10-11)12-6-3-7-13(16)14(12)17/h3,6-7,11,15,18H,2,4-5,8-10H2,1H3. The van der Waals surface area contributed by atoms with E-state index in [-0.39, 0.29) is 12.0 Å². The van der Waals surface area contributed by atoms with Gasteiger partial charge >= 0.3 is 0 Å². The lowest BCUT2D eigenvalue weighted by Crippen LogP contribution is -2.34. The molecule has 0 aromatic heterocycles. The lowest BCUT2D eigenvalue weighted by Gasteiger charge is -2.31. The predicted molar refractivity (Wildman–Crippen MR) is 70.9 cm³/mol. The molecular formula is C15H21F2NO. The first-order valence-electron chi connectivity index (χ1n) is 6.99. The van der Waals surface area contributed by atoms with E-state index in [1.54, 1.807) is 12.1 Å². The zero-order valence-corrected chi connectivity index (χ0v) is 11.3. The van der Waals surface area contributed by atoms with Crippen LogP contribution in [-0.4, -0.2) is 19.8 Å². The Morgan fingerprint density at radius 2 is 2.26 bits per heavy atom. The van der Waals surface area contributed by atoms with Gasteiger partial charge in [-0.3, -0.25) is 0 Å². The second-order valence-electron chi connectivity index (χ2n) is 5.05. The molecule has 1 heterocycles. The molecular weight excluding hydrogens is 248 g/mol. The molecule has 0 radical (unpaired) electrons. The van der Waals surface area contributed by atoms with Crippen molar-refractivity contribution in [3.8, 4) is 0 Å². The van der Waals surface area contributed by atoms with Gasteiger partial charge in [-0.15, -0.1) is 0 Å². The fraction of sp³-hybridized carbons (Fsp3) is 0.600. The summed E-state index contributed by atoms with van der Waals surface area (Å²) in [6, 6.07) is 4.22. The largest absolute Gasteiger partial charge is 0.381 e. The first kappa shape index (κ1) is 14.4. The molecule has 1 aromatic carbocycles. The lowest BCUT2D eigenvalue weighted by molar-refractivity contribution is 0.0384. The maximum absolute atomic E-state index is 14.0. The highest BCUT2D eigenvalue weighted by Crippen LogP contribution is 2.31. The van der Waals surface area contributed by atoms with Crippen molar-refractivity contribution >= 4 is 0 Å². The van der Waals surface area contributed by atoms with Crippen LogP contribution < -0.4 is 5.32 Å². The number of hydrogen-bond donors (Lipinski definition) is 1. The molecule has 0 aliphatic carbocycles. The monoisotopic (exact) mass is 269 g/mol. The topological polar surface area (TPSA) is 21.3 Å². The molecule has 1 N–H and O–H groups in total. The number of ether oxygens (including phenoxy) is 1. The Labute approximate surface area is 113 Å². The molecule has 1 fully saturated rings. The van der Waals surface area contributed by atoms with Gasteiger partial charge in [-0.25, -0.2) is 8.78 Å². The second-order valence-corrected chi connectivity index (χ2v) is 5.05. The third kappa shape index (κ3) is 3.51. The van der Waals surface area contributed by atoms with Gasteiger partial charge in [-0.05, 0) is 31.9 Å². The molecule has 2 rings (SSSR count). The van der Waals surface area contributed by atoms with Crippen LogP contribution in [0.2, 0.25) is 0 Å². The molecule has 2 atom stereocenters. The summed E-state index contributed by atoms with van der Waals surface area (Å²) in [6.45, 7) is 4.22. The van der Waals surface area contributed by atoms with Gasteiger partial charge in [0.2, 0.25) is 0 Å². The molecule has 1 aliphatic heterocycles. The van der Waals surface area contributed by atoms with E-state index in [0.29, 0.717) is 12.2 Å². The van der Waals surface area contributed by atoms with E-state index in [1.165, 1.54) is 0 Å². The molecule has 106 valence electrons. The lowest BCUT2D eigenvalue weighted by atomic mass is 9.88. The van der Waals surface area contributed by atoms with Gasteiger partial charge in [0.15, 0.2) is 11.6 Å². The highest BCUT2D eigenvalue weighted by atomic mass is 19.2. The number of halogens is 2. The second kappa shape index (κ2) is 6.96. The minimum atomic E-state index is -0.780. The summed E-state index contributed by atoms with van der Waals surface area (Å²) in [6.07, 6.45) is 2.92. The highest BCUT2D eigenvalue weighted by molar-refractivity contribution is 5.23. The van der Waals surface area contributed by atoms with Gasteiger partial charge in [0.1, 0.15) is 0 Å². The first-order valence-corrected chi connectivity index (χ1v) is 6.99. The van der Waals surface area contributed by atoms with Crippen LogP contribution in [0.4, 0.5) is 8.78 Å². The molecule has 1 saturated heterocycles. The fourth-order valence-electron chi connectivity index (χ4n) is 2.62. The zero-order chi connectivity index (χ0) is 13.7. The van der Waals surface area contributed by atoms with Crippen LogP contribution in [0.15, 0.2) is 18.2 Å². The Hall–Kier alpha value is -1.00. The van der Waals surface area contributed by atoms with Gasteiger partial charge in [-0.1, -0.05) is 19.1 Å². The maximum atomic E-state index is 14.0. The summed E-state index contributed by atoms with van der Waals surface area (Å²) in [7, 11) is 0. The Morgan fingerprint density at radius 1 is 1.42 bits per heavy atom. The van der Waals surface area contributed by atoms with Gasteiger partial charge in [0.25, 0.3) is 0 Å². The van der Waals surface area contributed by atoms with Crippen molar-refractivity contribution in [2.45, 2.75) is 32.2 Å². The average molecular weight is 269 g/mol. The van der Waals surface area contributed by atoms with Crippen LogP contribution in [0.25, 0.3) is 0 Å². The number of benzene rings is 1. The molecule has 1 aromatic rings. The summed E-state index contributed by atoms with van der Waals surface area (Å²) >= 11 is 0. The predicted octanol–water partition coefficient (Wildman–Crippen LogP) is 3.43. The van der Waals surface area contributed by atoms with E-state index in [0.717, 1.165) is 38.5 Å². The summed E-state index contributed by atoms with van der Waals surface area (Å²) in [5, 5.41) is 3.34. The van der Waals surface area contributed by atoms with E-state index in [2.05, 4.69) is 12.2 Å². The Kier molecular flexibility index (Phi) is 5.28. The Bertz CT molecular complexity index is 405. The number of rotatable bonds is 5. The quantitative estimate of drug-likeness (QED) is 0.884. The summed E-state index contributed by atoms with van der Waals surface area (Å²) < 4.78 is 32.9. The molecule has 0 amide bonds. The van der Waals surface area contributed by atoms with Crippen LogP contribution in [-0.2, 0) is 4.74 Å². The van der Waals surface area contributed by atoms with Crippen molar-refractivity contribution in [1.82, 2.24) is 5.32 Å². The smallest absolute Gasteiger partial charge is 0.163 e. The molecule has 2 unspecified atom stereocenters. The van der Waals surface area contributed by atoms with E-state index < -0.39 is 11.6 Å². The van der Waals surface area contributed by atoms with Crippen LogP contribution in [0.3, 0.4) is 0 Å². The van der Waals surface area contributed by atoms with Crippen LogP contribution in [0.5, 0.6) is 0 Å². The van der Waals surface area contributed by atoms with Crippen LogP contribution >= 0.6 is 0 Å². The summed E-state index contributed by atoms with van der Waals surface area (Å²) in [5.74, 6) is -1.31. The first-order chi connectivity index (χ1) is 9.24. The molecule has 0 saturated carbocycles. The van der Waals surface area contributed by atoms with Gasteiger partial charge in [0.05, 0.1) is 6.61 Å². The minimum Gasteiger partial charge on any atom is -0.381 e. The normalized spacial score (nSPS) is 21.3. The molecule has 0 spiro atoms. The average Bonchev–Trinajstić information content (AvgIpc) is 2.45. The summed E-state index contributed by atoms with van der Waals surface area (Å²) in [5.41, 5.74) is 0.420. The van der Waals surface area contributed by atoms with Crippen molar-refractivity contribution in [2.75, 3.05) is 19.8 Å². The van der Waals surface area contributed by atoms with Crippen molar-refractivity contribution in [2.24, 2.45) is 5.92 Å². The SMILES string of the molecule is CCCNC(c1cccc(F)c1F)C1CCCOC1. The van der Waals surface area contributed by atoms with Crippen molar-refractivity contribution in [3.05, 3.63) is 35.4 Å². The summed E-state index contributed by atoms with van der Waals surface area (Å²) in [4.78, 5) is 0. The third-order valence-electron chi connectivity index (χ3n) is 3.60. The van der Waals surface area contributed by atoms with Crippen LogP contribution in [0, 0.1) is 17.6 Å². The zero-order valence-electron chi connectivity index (χ0n) is 11.3. The molecule has 0 bridgehead atoms. The van der Waals surface area contributed by atoms with Crippen LogP contribution in [0.1, 0.15) is 37.8 Å². The van der Waals surface area contributed by atoms with Crippen molar-refractivity contribution in [1.29, 1.82) is 0 Å². The number of nitrogens with one attached hydrogen (secondary N) is 1. The van der Waals surface area contributed by atoms with Gasteiger partial charge in [-0.2, -0.15) is 0 Å². The van der Waals surface area contributed by atoms with E-state index in [9.17, 15) is 8.78 Å². The minimum absolute atomic E-state index is 0.170. The number of hydrogen-bond acceptors (Lipinski definition) is 2.